The highest BCUT2D eigenvalue weighted by Gasteiger charge is 2.16. The van der Waals surface area contributed by atoms with Gasteiger partial charge in [0.1, 0.15) is 0 Å². The Hall–Kier alpha value is -1.08. The lowest BCUT2D eigenvalue weighted by Gasteiger charge is -2.22. The van der Waals surface area contributed by atoms with E-state index in [1.54, 1.807) is 17.1 Å². The molecule has 2 N–H and O–H groups in total. The molecule has 0 saturated carbocycles. The molecule has 6 nitrogen and oxygen atoms in total. The van der Waals surface area contributed by atoms with Crippen molar-refractivity contribution in [2.75, 3.05) is 24.6 Å². The fraction of sp³-hybridized carbons (Fsp3) is 0.700. The van der Waals surface area contributed by atoms with Crippen LogP contribution in [0.1, 0.15) is 6.42 Å². The summed E-state index contributed by atoms with van der Waals surface area (Å²) < 4.78 is 1.70. The van der Waals surface area contributed by atoms with Crippen LogP contribution < -0.4 is 10.6 Å². The second-order valence-electron chi connectivity index (χ2n) is 3.95. The van der Waals surface area contributed by atoms with Gasteiger partial charge in [0.05, 0.1) is 12.7 Å². The monoisotopic (exact) mass is 255 g/mol. The maximum absolute atomic E-state index is 11.6. The predicted octanol–water partition coefficient (Wildman–Crippen LogP) is -0.511. The Labute approximate surface area is 105 Å². The smallest absolute Gasteiger partial charge is 0.221 e. The number of aromatic nitrogens is 3. The van der Waals surface area contributed by atoms with Gasteiger partial charge in [-0.3, -0.25) is 9.48 Å². The van der Waals surface area contributed by atoms with Gasteiger partial charge in [0.2, 0.25) is 5.91 Å². The summed E-state index contributed by atoms with van der Waals surface area (Å²) in [5.41, 5.74) is 0. The summed E-state index contributed by atoms with van der Waals surface area (Å²) in [6.45, 7) is 2.27. The van der Waals surface area contributed by atoms with Gasteiger partial charge in [-0.2, -0.15) is 11.8 Å². The van der Waals surface area contributed by atoms with Crippen LogP contribution in [0.25, 0.3) is 0 Å². The molecule has 0 aliphatic carbocycles. The Kier molecular flexibility index (Phi) is 4.81. The fourth-order valence-electron chi connectivity index (χ4n) is 1.71. The van der Waals surface area contributed by atoms with E-state index in [4.69, 9.17) is 0 Å². The summed E-state index contributed by atoms with van der Waals surface area (Å²) in [7, 11) is 0. The standard InChI is InChI=1S/C10H17N5OS/c16-10(7-9-8-17-6-3-11-9)12-1-4-15-5-2-13-14-15/h2,5,9,11H,1,3-4,6-8H2,(H,12,16). The molecule has 1 fully saturated rings. The minimum atomic E-state index is 0.102. The normalized spacial score (nSPS) is 20.1. The first kappa shape index (κ1) is 12.4. The summed E-state index contributed by atoms with van der Waals surface area (Å²) >= 11 is 1.90. The van der Waals surface area contributed by atoms with Crippen molar-refractivity contribution in [1.29, 1.82) is 0 Å². The topological polar surface area (TPSA) is 71.8 Å². The summed E-state index contributed by atoms with van der Waals surface area (Å²) in [5.74, 6) is 2.27. The minimum Gasteiger partial charge on any atom is -0.354 e. The molecule has 0 aromatic carbocycles. The van der Waals surface area contributed by atoms with Crippen molar-refractivity contribution in [2.45, 2.75) is 19.0 Å². The molecule has 1 amide bonds. The molecule has 1 aromatic heterocycles. The highest BCUT2D eigenvalue weighted by atomic mass is 32.2. The van der Waals surface area contributed by atoms with E-state index in [0.29, 0.717) is 25.6 Å². The summed E-state index contributed by atoms with van der Waals surface area (Å²) in [5, 5.41) is 13.8. The molecule has 0 radical (unpaired) electrons. The Bertz CT molecular complexity index is 336. The Morgan fingerprint density at radius 1 is 1.65 bits per heavy atom. The van der Waals surface area contributed by atoms with Gasteiger partial charge in [-0.1, -0.05) is 5.21 Å². The van der Waals surface area contributed by atoms with E-state index in [1.807, 2.05) is 11.8 Å². The van der Waals surface area contributed by atoms with Crippen LogP contribution in [0.5, 0.6) is 0 Å². The molecule has 1 aliphatic rings. The lowest BCUT2D eigenvalue weighted by Crippen LogP contribution is -2.41. The second-order valence-corrected chi connectivity index (χ2v) is 5.10. The average molecular weight is 255 g/mol. The number of nitrogens with zero attached hydrogens (tertiary/aromatic N) is 3. The van der Waals surface area contributed by atoms with Crippen LogP contribution in [0.2, 0.25) is 0 Å². The van der Waals surface area contributed by atoms with E-state index >= 15 is 0 Å². The molecule has 1 aromatic rings. The number of thioether (sulfide) groups is 1. The van der Waals surface area contributed by atoms with Gasteiger partial charge in [-0.15, -0.1) is 5.10 Å². The molecule has 2 rings (SSSR count). The van der Waals surface area contributed by atoms with Gasteiger partial charge in [-0.05, 0) is 0 Å². The van der Waals surface area contributed by atoms with E-state index in [0.717, 1.165) is 18.1 Å². The van der Waals surface area contributed by atoms with Gasteiger partial charge in [0.15, 0.2) is 0 Å². The second kappa shape index (κ2) is 6.61. The Balaban J connectivity index is 1.60. The molecule has 1 aliphatic heterocycles. The first-order chi connectivity index (χ1) is 8.34. The third kappa shape index (κ3) is 4.35. The summed E-state index contributed by atoms with van der Waals surface area (Å²) in [6, 6.07) is 0.320. The van der Waals surface area contributed by atoms with E-state index < -0.39 is 0 Å². The Morgan fingerprint density at radius 2 is 2.59 bits per heavy atom. The molecule has 0 bridgehead atoms. The number of carbonyl (C=O) groups is 1. The highest BCUT2D eigenvalue weighted by Crippen LogP contribution is 2.09. The maximum Gasteiger partial charge on any atom is 0.221 e. The number of hydrogen-bond donors (Lipinski definition) is 2. The van der Waals surface area contributed by atoms with Crippen LogP contribution in [-0.4, -0.2) is 51.5 Å². The van der Waals surface area contributed by atoms with Crippen LogP contribution >= 0.6 is 11.8 Å². The molecule has 2 heterocycles. The highest BCUT2D eigenvalue weighted by molar-refractivity contribution is 7.99. The minimum absolute atomic E-state index is 0.102. The van der Waals surface area contributed by atoms with Gasteiger partial charge in [-0.25, -0.2) is 0 Å². The predicted molar refractivity (Wildman–Crippen MR) is 66.8 cm³/mol. The quantitative estimate of drug-likeness (QED) is 0.741. The molecule has 1 atom stereocenters. The van der Waals surface area contributed by atoms with Crippen LogP contribution in [0.4, 0.5) is 0 Å². The van der Waals surface area contributed by atoms with Gasteiger partial charge >= 0.3 is 0 Å². The van der Waals surface area contributed by atoms with E-state index in [1.165, 1.54) is 0 Å². The molecule has 1 saturated heterocycles. The lowest BCUT2D eigenvalue weighted by molar-refractivity contribution is -0.121. The van der Waals surface area contributed by atoms with E-state index in [-0.39, 0.29) is 5.91 Å². The largest absolute Gasteiger partial charge is 0.354 e. The van der Waals surface area contributed by atoms with Crippen molar-refractivity contribution in [1.82, 2.24) is 25.6 Å². The van der Waals surface area contributed by atoms with Crippen molar-refractivity contribution in [2.24, 2.45) is 0 Å². The molecular formula is C10H17N5OS. The van der Waals surface area contributed by atoms with Crippen molar-refractivity contribution >= 4 is 17.7 Å². The Morgan fingerprint density at radius 3 is 3.29 bits per heavy atom. The molecular weight excluding hydrogens is 238 g/mol. The van der Waals surface area contributed by atoms with E-state index in [2.05, 4.69) is 20.9 Å². The third-order valence-corrected chi connectivity index (χ3v) is 3.70. The molecule has 17 heavy (non-hydrogen) atoms. The SMILES string of the molecule is O=C(CC1CSCCN1)NCCn1ccnn1. The lowest BCUT2D eigenvalue weighted by atomic mass is 10.2. The zero-order valence-corrected chi connectivity index (χ0v) is 10.4. The van der Waals surface area contributed by atoms with Crippen LogP contribution in [-0.2, 0) is 11.3 Å². The molecule has 0 spiro atoms. The van der Waals surface area contributed by atoms with Gasteiger partial charge < -0.3 is 10.6 Å². The number of hydrogen-bond acceptors (Lipinski definition) is 5. The third-order valence-electron chi connectivity index (χ3n) is 2.57. The number of amides is 1. The zero-order chi connectivity index (χ0) is 11.9. The molecule has 7 heteroatoms. The van der Waals surface area contributed by atoms with Crippen LogP contribution in [0.15, 0.2) is 12.4 Å². The van der Waals surface area contributed by atoms with Crippen molar-refractivity contribution in [3.8, 4) is 0 Å². The summed E-state index contributed by atoms with van der Waals surface area (Å²) in [4.78, 5) is 11.6. The first-order valence-electron chi connectivity index (χ1n) is 5.76. The van der Waals surface area contributed by atoms with Crippen molar-refractivity contribution in [3.63, 3.8) is 0 Å². The summed E-state index contributed by atoms with van der Waals surface area (Å²) in [6.07, 6.45) is 3.97. The van der Waals surface area contributed by atoms with Crippen LogP contribution in [0.3, 0.4) is 0 Å². The van der Waals surface area contributed by atoms with E-state index in [9.17, 15) is 4.79 Å². The van der Waals surface area contributed by atoms with Crippen molar-refractivity contribution < 1.29 is 4.79 Å². The van der Waals surface area contributed by atoms with Crippen molar-refractivity contribution in [3.05, 3.63) is 12.4 Å². The van der Waals surface area contributed by atoms with Gasteiger partial charge in [0, 0.05) is 43.3 Å². The van der Waals surface area contributed by atoms with Crippen LogP contribution in [0, 0.1) is 0 Å². The zero-order valence-electron chi connectivity index (χ0n) is 9.63. The fourth-order valence-corrected chi connectivity index (χ4v) is 2.66. The number of rotatable bonds is 5. The first-order valence-corrected chi connectivity index (χ1v) is 6.92. The van der Waals surface area contributed by atoms with Gasteiger partial charge in [0.25, 0.3) is 0 Å². The molecule has 94 valence electrons. The number of carbonyl (C=O) groups excluding carboxylic acids is 1. The number of nitrogens with one attached hydrogen (secondary N) is 2. The average Bonchev–Trinajstić information content (AvgIpc) is 2.83. The maximum atomic E-state index is 11.6. The molecule has 1 unspecified atom stereocenters.